The van der Waals surface area contributed by atoms with Gasteiger partial charge < -0.3 is 10.8 Å². The quantitative estimate of drug-likeness (QED) is 0.410. The average molecular weight is 518 g/mol. The van der Waals surface area contributed by atoms with Crippen molar-refractivity contribution in [2.75, 3.05) is 0 Å². The molecule has 0 heterocycles. The maximum atomic E-state index is 13.8. The molecule has 0 bridgehead atoms. The molecule has 3 N–H and O–H groups in total. The molecule has 0 aliphatic heterocycles. The highest BCUT2D eigenvalue weighted by Gasteiger charge is 2.38. The van der Waals surface area contributed by atoms with Crippen LogP contribution in [0.5, 0.6) is 0 Å². The van der Waals surface area contributed by atoms with Crippen molar-refractivity contribution in [2.24, 2.45) is 17.1 Å². The number of rotatable bonds is 5. The van der Waals surface area contributed by atoms with E-state index in [1.807, 2.05) is 0 Å². The molecule has 2 aromatic carbocycles. The van der Waals surface area contributed by atoms with E-state index in [1.165, 1.54) is 37.1 Å². The summed E-state index contributed by atoms with van der Waals surface area (Å²) in [5, 5.41) is 7.12. The highest BCUT2D eigenvalue weighted by molar-refractivity contribution is 5.94. The van der Waals surface area contributed by atoms with Gasteiger partial charge in [0, 0.05) is 5.56 Å². The van der Waals surface area contributed by atoms with Gasteiger partial charge >= 0.3 is 18.3 Å². The lowest BCUT2D eigenvalue weighted by atomic mass is 9.72. The first-order valence-electron chi connectivity index (χ1n) is 11.4. The predicted octanol–water partition coefficient (Wildman–Crippen LogP) is 7.25. The molecule has 1 amide bonds. The van der Waals surface area contributed by atoms with Gasteiger partial charge in [0.05, 0.1) is 5.56 Å². The van der Waals surface area contributed by atoms with Crippen LogP contribution in [0, 0.1) is 11.3 Å². The zero-order chi connectivity index (χ0) is 27.3. The van der Waals surface area contributed by atoms with Crippen molar-refractivity contribution in [1.82, 2.24) is 0 Å². The molecule has 1 aliphatic rings. The van der Waals surface area contributed by atoms with Gasteiger partial charge in [-0.3, -0.25) is 4.79 Å². The first kappa shape index (κ1) is 29.2. The standard InChI is InChI=1S/C24H28F3NO.C2HF3O2/c1-23(2)12-10-16(11-13-23)6-7-17-8-9-20(21(14-17)24(25,26)27)18-4-3-5-19(15-18)22(28)29;3-2(4,5)1(6)7/h3-5,8-9,14-16H,6-7,10-13H2,1-2H3,(H2,28,29);(H,6,7). The monoisotopic (exact) mass is 517 g/mol. The second-order valence-corrected chi connectivity index (χ2v) is 9.77. The van der Waals surface area contributed by atoms with Crippen molar-refractivity contribution >= 4 is 11.9 Å². The number of nitrogens with two attached hydrogens (primary N) is 1. The first-order valence-corrected chi connectivity index (χ1v) is 11.4. The fourth-order valence-corrected chi connectivity index (χ4v) is 4.19. The maximum absolute atomic E-state index is 13.8. The summed E-state index contributed by atoms with van der Waals surface area (Å²) in [6.45, 7) is 4.57. The average Bonchev–Trinajstić information content (AvgIpc) is 2.77. The first-order chi connectivity index (χ1) is 16.5. The van der Waals surface area contributed by atoms with Gasteiger partial charge in [0.1, 0.15) is 0 Å². The molecule has 0 saturated heterocycles. The normalized spacial score (nSPS) is 16.1. The smallest absolute Gasteiger partial charge is 0.475 e. The number of carbonyl (C=O) groups is 2. The summed E-state index contributed by atoms with van der Waals surface area (Å²) in [4.78, 5) is 20.3. The number of aliphatic carboxylic acids is 1. The van der Waals surface area contributed by atoms with E-state index in [4.69, 9.17) is 15.6 Å². The fourth-order valence-electron chi connectivity index (χ4n) is 4.19. The molecule has 0 radical (unpaired) electrons. The van der Waals surface area contributed by atoms with Crippen molar-refractivity contribution in [3.8, 4) is 11.1 Å². The van der Waals surface area contributed by atoms with Crippen LogP contribution in [-0.4, -0.2) is 23.2 Å². The van der Waals surface area contributed by atoms with E-state index in [0.717, 1.165) is 19.3 Å². The molecular formula is C26H29F6NO3. The van der Waals surface area contributed by atoms with Crippen LogP contribution in [0.3, 0.4) is 0 Å². The Morgan fingerprint density at radius 1 is 1.00 bits per heavy atom. The zero-order valence-corrected chi connectivity index (χ0v) is 20.0. The van der Waals surface area contributed by atoms with Crippen molar-refractivity contribution in [2.45, 2.75) is 64.7 Å². The van der Waals surface area contributed by atoms with Crippen molar-refractivity contribution in [3.05, 3.63) is 59.2 Å². The van der Waals surface area contributed by atoms with Crippen LogP contribution in [0.1, 0.15) is 67.4 Å². The predicted molar refractivity (Wildman–Crippen MR) is 123 cm³/mol. The molecule has 2 aromatic rings. The number of alkyl halides is 6. The lowest BCUT2D eigenvalue weighted by molar-refractivity contribution is -0.192. The van der Waals surface area contributed by atoms with Crippen LogP contribution in [0.2, 0.25) is 0 Å². The summed E-state index contributed by atoms with van der Waals surface area (Å²) in [6, 6.07) is 10.6. The number of benzene rings is 2. The molecule has 4 nitrogen and oxygen atoms in total. The number of hydrogen-bond donors (Lipinski definition) is 2. The van der Waals surface area contributed by atoms with E-state index in [9.17, 15) is 31.1 Å². The Morgan fingerprint density at radius 2 is 1.58 bits per heavy atom. The van der Waals surface area contributed by atoms with Gasteiger partial charge in [0.15, 0.2) is 0 Å². The van der Waals surface area contributed by atoms with Gasteiger partial charge in [0.2, 0.25) is 5.91 Å². The number of carboxylic acid groups (broad SMARTS) is 1. The third-order valence-electron chi connectivity index (χ3n) is 6.39. The van der Waals surface area contributed by atoms with Gasteiger partial charge in [-0.15, -0.1) is 0 Å². The second-order valence-electron chi connectivity index (χ2n) is 9.77. The van der Waals surface area contributed by atoms with Crippen LogP contribution >= 0.6 is 0 Å². The van der Waals surface area contributed by atoms with Crippen LogP contribution in [0.4, 0.5) is 26.3 Å². The molecule has 0 unspecified atom stereocenters. The Balaban J connectivity index is 0.000000572. The van der Waals surface area contributed by atoms with Crippen LogP contribution in [0.25, 0.3) is 11.1 Å². The van der Waals surface area contributed by atoms with Crippen LogP contribution < -0.4 is 5.73 Å². The molecule has 1 aliphatic carbocycles. The largest absolute Gasteiger partial charge is 0.490 e. The Labute approximate surface area is 205 Å². The molecule has 36 heavy (non-hydrogen) atoms. The van der Waals surface area contributed by atoms with E-state index in [2.05, 4.69) is 13.8 Å². The van der Waals surface area contributed by atoms with Crippen molar-refractivity contribution in [3.63, 3.8) is 0 Å². The van der Waals surface area contributed by atoms with Gasteiger partial charge in [0.25, 0.3) is 0 Å². The van der Waals surface area contributed by atoms with E-state index < -0.39 is 29.8 Å². The molecule has 198 valence electrons. The lowest BCUT2D eigenvalue weighted by Gasteiger charge is -2.34. The summed E-state index contributed by atoms with van der Waals surface area (Å²) in [6.07, 6.45) is -3.32. The molecule has 0 spiro atoms. The fraction of sp³-hybridized carbons (Fsp3) is 0.462. The summed E-state index contributed by atoms with van der Waals surface area (Å²) in [5.74, 6) is -2.83. The number of primary amides is 1. The minimum Gasteiger partial charge on any atom is -0.475 e. The minimum absolute atomic E-state index is 0.0729. The number of hydrogen-bond acceptors (Lipinski definition) is 2. The SMILES string of the molecule is CC1(C)CCC(CCc2ccc(-c3cccc(C(N)=O)c3)c(C(F)(F)F)c2)CC1.O=C(O)C(F)(F)F. The van der Waals surface area contributed by atoms with Crippen LogP contribution in [-0.2, 0) is 17.4 Å². The number of carboxylic acids is 1. The van der Waals surface area contributed by atoms with Gasteiger partial charge in [-0.05, 0) is 84.7 Å². The maximum Gasteiger partial charge on any atom is 0.490 e. The second kappa shape index (κ2) is 11.3. The third-order valence-corrected chi connectivity index (χ3v) is 6.39. The number of amides is 1. The van der Waals surface area contributed by atoms with Gasteiger partial charge in [-0.2, -0.15) is 26.3 Å². The summed E-state index contributed by atoms with van der Waals surface area (Å²) in [5.41, 5.74) is 6.31. The van der Waals surface area contributed by atoms with Gasteiger partial charge in [-0.25, -0.2) is 4.79 Å². The molecule has 10 heteroatoms. The Hall–Kier alpha value is -3.04. The topological polar surface area (TPSA) is 80.4 Å². The highest BCUT2D eigenvalue weighted by Crippen LogP contribution is 2.41. The lowest BCUT2D eigenvalue weighted by Crippen LogP contribution is -2.21. The van der Waals surface area contributed by atoms with E-state index in [0.29, 0.717) is 28.9 Å². The molecular weight excluding hydrogens is 488 g/mol. The van der Waals surface area contributed by atoms with E-state index in [1.54, 1.807) is 18.2 Å². The Bertz CT molecular complexity index is 1070. The summed E-state index contributed by atoms with van der Waals surface area (Å²) < 4.78 is 73.0. The molecule has 1 fully saturated rings. The molecule has 0 atom stereocenters. The van der Waals surface area contributed by atoms with Crippen LogP contribution in [0.15, 0.2) is 42.5 Å². The zero-order valence-electron chi connectivity index (χ0n) is 20.0. The summed E-state index contributed by atoms with van der Waals surface area (Å²) >= 11 is 0. The minimum atomic E-state index is -5.08. The molecule has 3 rings (SSSR count). The molecule has 1 saturated carbocycles. The van der Waals surface area contributed by atoms with E-state index in [-0.39, 0.29) is 11.1 Å². The van der Waals surface area contributed by atoms with Crippen molar-refractivity contribution in [1.29, 1.82) is 0 Å². The Kier molecular flexibility index (Phi) is 9.20. The highest BCUT2D eigenvalue weighted by atomic mass is 19.4. The number of aryl methyl sites for hydroxylation is 1. The number of halogens is 6. The van der Waals surface area contributed by atoms with Gasteiger partial charge in [-0.1, -0.05) is 38.1 Å². The Morgan fingerprint density at radius 3 is 2.08 bits per heavy atom. The molecule has 0 aromatic heterocycles. The van der Waals surface area contributed by atoms with Crippen molar-refractivity contribution < 1.29 is 41.0 Å². The van der Waals surface area contributed by atoms with E-state index >= 15 is 0 Å². The number of carbonyl (C=O) groups excluding carboxylic acids is 1. The summed E-state index contributed by atoms with van der Waals surface area (Å²) in [7, 11) is 0. The third kappa shape index (κ3) is 8.57.